The third kappa shape index (κ3) is 32.7. The number of ether oxygens (including phenoxy) is 3. The number of likely N-dealkylation sites (N-methyl/N-ethyl adjacent to an activating group) is 1. The maximum atomic E-state index is 12.7. The second-order valence-corrected chi connectivity index (χ2v) is 14.2. The highest BCUT2D eigenvalue weighted by Crippen LogP contribution is 2.12. The Bertz CT molecular complexity index is 1080. The highest BCUT2D eigenvalue weighted by atomic mass is 16.6. The van der Waals surface area contributed by atoms with E-state index in [2.05, 4.69) is 50.3 Å². The third-order valence-corrected chi connectivity index (χ3v) is 8.45. The zero-order valence-corrected chi connectivity index (χ0v) is 33.5. The van der Waals surface area contributed by atoms with Crippen molar-refractivity contribution in [2.45, 2.75) is 148 Å². The summed E-state index contributed by atoms with van der Waals surface area (Å²) in [6, 6.07) is -0.629. The van der Waals surface area contributed by atoms with E-state index in [9.17, 15) is 19.5 Å². The van der Waals surface area contributed by atoms with Crippen molar-refractivity contribution in [1.29, 1.82) is 0 Å². The largest absolute Gasteiger partial charge is 0.477 e. The molecule has 0 aromatic carbocycles. The van der Waals surface area contributed by atoms with Gasteiger partial charge in [-0.15, -0.1) is 0 Å². The summed E-state index contributed by atoms with van der Waals surface area (Å²) in [5, 5.41) is 9.59. The molecule has 2 atom stereocenters. The fourth-order valence-corrected chi connectivity index (χ4v) is 5.33. The number of allylic oxidation sites excluding steroid dienone is 12. The van der Waals surface area contributed by atoms with E-state index in [1.165, 1.54) is 38.5 Å². The van der Waals surface area contributed by atoms with Gasteiger partial charge in [-0.2, -0.15) is 0 Å². The van der Waals surface area contributed by atoms with Crippen molar-refractivity contribution in [3.8, 4) is 0 Å². The first-order chi connectivity index (χ1) is 25.1. The number of hydrogen-bond acceptors (Lipinski definition) is 6. The molecule has 2 unspecified atom stereocenters. The van der Waals surface area contributed by atoms with Crippen molar-refractivity contribution in [3.05, 3.63) is 72.9 Å². The van der Waals surface area contributed by atoms with Crippen LogP contribution in [0.15, 0.2) is 72.9 Å². The van der Waals surface area contributed by atoms with Gasteiger partial charge < -0.3 is 23.8 Å². The summed E-state index contributed by atoms with van der Waals surface area (Å²) in [7, 11) is 5.49. The van der Waals surface area contributed by atoms with E-state index in [-0.39, 0.29) is 49.1 Å². The Morgan fingerprint density at radius 3 is 1.83 bits per heavy atom. The first-order valence-corrected chi connectivity index (χ1v) is 20.0. The Hall–Kier alpha value is -3.23. The van der Waals surface area contributed by atoms with Gasteiger partial charge in [0.2, 0.25) is 0 Å². The van der Waals surface area contributed by atoms with E-state index in [0.717, 1.165) is 57.8 Å². The molecule has 0 rings (SSSR count). The number of nitrogens with zero attached hydrogens (tertiary/aromatic N) is 1. The van der Waals surface area contributed by atoms with Gasteiger partial charge in [-0.05, 0) is 51.4 Å². The van der Waals surface area contributed by atoms with E-state index >= 15 is 0 Å². The molecule has 8 nitrogen and oxygen atoms in total. The first kappa shape index (κ1) is 48.8. The lowest BCUT2D eigenvalue weighted by molar-refractivity contribution is -0.887. The second kappa shape index (κ2) is 34.8. The molecule has 0 amide bonds. The monoisotopic (exact) mass is 729 g/mol. The van der Waals surface area contributed by atoms with Crippen LogP contribution in [0.25, 0.3) is 0 Å². The molecule has 0 aliphatic rings. The molecule has 296 valence electrons. The normalized spacial score (nSPS) is 13.8. The molecule has 0 bridgehead atoms. The molecule has 0 spiro atoms. The van der Waals surface area contributed by atoms with Crippen LogP contribution in [0.3, 0.4) is 0 Å². The Labute approximate surface area is 317 Å². The van der Waals surface area contributed by atoms with Gasteiger partial charge in [0.1, 0.15) is 6.61 Å². The Kier molecular flexibility index (Phi) is 32.7. The summed E-state index contributed by atoms with van der Waals surface area (Å²) in [4.78, 5) is 36.8. The number of esters is 2. The predicted molar refractivity (Wildman–Crippen MR) is 215 cm³/mol. The average molecular weight is 729 g/mol. The molecule has 0 aromatic rings. The molecule has 0 aromatic heterocycles. The van der Waals surface area contributed by atoms with Gasteiger partial charge in [0.25, 0.3) is 0 Å². The number of unbranched alkanes of at least 4 members (excludes halogenated alkanes) is 11. The summed E-state index contributed by atoms with van der Waals surface area (Å²) in [6.45, 7) is 4.47. The SMILES string of the molecule is CC/C=C/C=C/C=C/C=C/CCCCCCCC(=O)OC(COCCC(C(=O)O)[N+](C)(C)C)COC(=O)CC/C=C/C/C=C/CCCCCCCC. The molecule has 0 aliphatic heterocycles. The van der Waals surface area contributed by atoms with E-state index in [1.807, 2.05) is 57.6 Å². The summed E-state index contributed by atoms with van der Waals surface area (Å²) < 4.78 is 17.1. The number of quaternary nitrogens is 1. The first-order valence-electron chi connectivity index (χ1n) is 20.0. The Balaban J connectivity index is 4.54. The van der Waals surface area contributed by atoms with Gasteiger partial charge in [0, 0.05) is 19.3 Å². The van der Waals surface area contributed by atoms with Gasteiger partial charge in [-0.1, -0.05) is 138 Å². The zero-order valence-electron chi connectivity index (χ0n) is 33.5. The van der Waals surface area contributed by atoms with Crippen molar-refractivity contribution in [2.75, 3.05) is 41.0 Å². The predicted octanol–water partition coefficient (Wildman–Crippen LogP) is 10.4. The van der Waals surface area contributed by atoms with Gasteiger partial charge in [-0.25, -0.2) is 4.79 Å². The molecule has 0 radical (unpaired) electrons. The maximum absolute atomic E-state index is 12.7. The molecular weight excluding hydrogens is 654 g/mol. The summed E-state index contributed by atoms with van der Waals surface area (Å²) in [5.41, 5.74) is 0. The van der Waals surface area contributed by atoms with Crippen LogP contribution in [0.4, 0.5) is 0 Å². The summed E-state index contributed by atoms with van der Waals surface area (Å²) >= 11 is 0. The van der Waals surface area contributed by atoms with E-state index in [0.29, 0.717) is 12.8 Å². The number of aliphatic carboxylic acids is 1. The Morgan fingerprint density at radius 2 is 1.19 bits per heavy atom. The average Bonchev–Trinajstić information content (AvgIpc) is 3.09. The van der Waals surface area contributed by atoms with Gasteiger partial charge in [0.05, 0.1) is 34.4 Å². The van der Waals surface area contributed by atoms with Crippen molar-refractivity contribution >= 4 is 17.9 Å². The molecule has 0 fully saturated rings. The third-order valence-electron chi connectivity index (χ3n) is 8.45. The molecule has 0 saturated heterocycles. The number of carboxylic acids is 1. The van der Waals surface area contributed by atoms with Crippen molar-refractivity contribution in [3.63, 3.8) is 0 Å². The molecular formula is C44H74NO7+. The highest BCUT2D eigenvalue weighted by Gasteiger charge is 2.31. The minimum Gasteiger partial charge on any atom is -0.477 e. The van der Waals surface area contributed by atoms with Crippen molar-refractivity contribution in [1.82, 2.24) is 0 Å². The number of carbonyl (C=O) groups is 3. The van der Waals surface area contributed by atoms with Crippen LogP contribution in [0.5, 0.6) is 0 Å². The van der Waals surface area contributed by atoms with Crippen molar-refractivity contribution < 1.29 is 38.2 Å². The van der Waals surface area contributed by atoms with Crippen LogP contribution >= 0.6 is 0 Å². The fourth-order valence-electron chi connectivity index (χ4n) is 5.33. The van der Waals surface area contributed by atoms with Crippen LogP contribution in [0.2, 0.25) is 0 Å². The lowest BCUT2D eigenvalue weighted by Crippen LogP contribution is -2.50. The number of carbonyl (C=O) groups excluding carboxylic acids is 2. The smallest absolute Gasteiger partial charge is 0.362 e. The number of rotatable bonds is 34. The zero-order chi connectivity index (χ0) is 38.5. The molecule has 52 heavy (non-hydrogen) atoms. The minimum absolute atomic E-state index is 0.0301. The minimum atomic E-state index is -0.890. The van der Waals surface area contributed by atoms with Gasteiger partial charge in [-0.3, -0.25) is 9.59 Å². The number of hydrogen-bond donors (Lipinski definition) is 1. The fraction of sp³-hybridized carbons (Fsp3) is 0.659. The molecule has 0 aliphatic carbocycles. The summed E-state index contributed by atoms with van der Waals surface area (Å²) in [5.74, 6) is -1.59. The maximum Gasteiger partial charge on any atom is 0.362 e. The van der Waals surface area contributed by atoms with Crippen LogP contribution in [0.1, 0.15) is 136 Å². The van der Waals surface area contributed by atoms with Crippen LogP contribution in [0, 0.1) is 0 Å². The van der Waals surface area contributed by atoms with Crippen LogP contribution in [-0.4, -0.2) is 80.6 Å². The standard InChI is InChI=1S/C44H73NO7/c1-6-8-10-12-14-16-18-20-21-23-25-27-29-31-33-35-43(47)52-40(38-50-37-36-41(44(48)49)45(3,4)5)39-51-42(46)34-32-30-28-26-24-22-19-17-15-13-11-9-7-2/h8,10,12,14,16,18,20-22,24,28,30,40-41H,6-7,9,11,13,15,17,19,23,25-27,29,31-39H2,1-5H3/p+1/b10-8+,14-12+,18-16+,21-20+,24-22+,30-28+. The van der Waals surface area contributed by atoms with Crippen LogP contribution in [-0.2, 0) is 28.6 Å². The van der Waals surface area contributed by atoms with Gasteiger partial charge >= 0.3 is 17.9 Å². The molecule has 1 N–H and O–H groups in total. The van der Waals surface area contributed by atoms with E-state index in [4.69, 9.17) is 14.2 Å². The van der Waals surface area contributed by atoms with E-state index in [1.54, 1.807) is 0 Å². The van der Waals surface area contributed by atoms with Crippen LogP contribution < -0.4 is 0 Å². The van der Waals surface area contributed by atoms with Crippen molar-refractivity contribution in [2.24, 2.45) is 0 Å². The van der Waals surface area contributed by atoms with E-state index < -0.39 is 18.1 Å². The highest BCUT2D eigenvalue weighted by molar-refractivity contribution is 5.72. The summed E-state index contributed by atoms with van der Waals surface area (Å²) in [6.07, 6.45) is 42.4. The number of carboxylic acid groups (broad SMARTS) is 1. The topological polar surface area (TPSA) is 99.1 Å². The lowest BCUT2D eigenvalue weighted by atomic mass is 10.1. The molecule has 0 heterocycles. The van der Waals surface area contributed by atoms with Gasteiger partial charge in [0.15, 0.2) is 12.1 Å². The lowest BCUT2D eigenvalue weighted by Gasteiger charge is -2.31. The molecule has 8 heteroatoms. The quantitative estimate of drug-likeness (QED) is 0.0231. The molecule has 0 saturated carbocycles. The Morgan fingerprint density at radius 1 is 0.615 bits per heavy atom. The second-order valence-electron chi connectivity index (χ2n) is 14.2.